The van der Waals surface area contributed by atoms with Crippen molar-refractivity contribution in [3.05, 3.63) is 41.6 Å². The second-order valence-corrected chi connectivity index (χ2v) is 5.98. The van der Waals surface area contributed by atoms with Crippen molar-refractivity contribution in [1.82, 2.24) is 20.5 Å². The summed E-state index contributed by atoms with van der Waals surface area (Å²) in [4.78, 5) is 3.41. The number of aromatic amines is 1. The van der Waals surface area contributed by atoms with Gasteiger partial charge >= 0.3 is 0 Å². The monoisotopic (exact) mass is 324 g/mol. The molecule has 2 aromatic heterocycles. The third kappa shape index (κ3) is 2.53. The summed E-state index contributed by atoms with van der Waals surface area (Å²) in [6.07, 6.45) is 0.985. The third-order valence-corrected chi connectivity index (χ3v) is 4.43. The number of hydrogen-bond donors (Lipinski definition) is 2. The first-order valence-electron chi connectivity index (χ1n) is 8.10. The van der Waals surface area contributed by atoms with Crippen LogP contribution in [0.2, 0.25) is 0 Å². The number of fused-ring (bicyclic) bond motifs is 3. The highest BCUT2D eigenvalue weighted by molar-refractivity contribution is 5.86. The molecular weight excluding hydrogens is 304 g/mol. The Balaban J connectivity index is 1.82. The fourth-order valence-electron chi connectivity index (χ4n) is 3.33. The topological polar surface area (TPSA) is 72.1 Å². The molecule has 0 amide bonds. The number of hydrogen-bond acceptors (Lipinski definition) is 5. The van der Waals surface area contributed by atoms with Gasteiger partial charge in [-0.3, -0.25) is 0 Å². The lowest BCUT2D eigenvalue weighted by molar-refractivity contribution is 0.0515. The molecule has 0 unspecified atom stereocenters. The standard InChI is InChI=1S/C18H20N4O2/c1-11-17-13-9-15(12-5-3-4-6-16(12)24-10-23-2)21-22-18(13)20-14(17)7-8-19-11/h3-6,9,11,19H,7-8,10H2,1-2H3,(H,20,22)/t11-/m1/s1. The summed E-state index contributed by atoms with van der Waals surface area (Å²) < 4.78 is 10.7. The minimum atomic E-state index is 0.202. The lowest BCUT2D eigenvalue weighted by atomic mass is 9.99. The van der Waals surface area contributed by atoms with Crippen LogP contribution in [0.15, 0.2) is 30.3 Å². The van der Waals surface area contributed by atoms with Crippen LogP contribution in [0.25, 0.3) is 22.3 Å². The summed E-state index contributed by atoms with van der Waals surface area (Å²) in [6.45, 7) is 3.36. The number of methoxy groups -OCH3 is 1. The quantitative estimate of drug-likeness (QED) is 0.722. The van der Waals surface area contributed by atoms with Gasteiger partial charge in [0.15, 0.2) is 12.4 Å². The number of aromatic nitrogens is 3. The van der Waals surface area contributed by atoms with E-state index in [1.54, 1.807) is 7.11 Å². The van der Waals surface area contributed by atoms with Crippen LogP contribution in [-0.4, -0.2) is 35.6 Å². The van der Waals surface area contributed by atoms with Crippen LogP contribution in [0.5, 0.6) is 5.75 Å². The van der Waals surface area contributed by atoms with E-state index in [1.165, 1.54) is 11.3 Å². The second kappa shape index (κ2) is 6.22. The van der Waals surface area contributed by atoms with Gasteiger partial charge in [0.25, 0.3) is 0 Å². The van der Waals surface area contributed by atoms with E-state index in [4.69, 9.17) is 9.47 Å². The van der Waals surface area contributed by atoms with E-state index in [0.29, 0.717) is 6.04 Å². The zero-order valence-electron chi connectivity index (χ0n) is 13.8. The van der Waals surface area contributed by atoms with Crippen molar-refractivity contribution in [1.29, 1.82) is 0 Å². The minimum Gasteiger partial charge on any atom is -0.467 e. The van der Waals surface area contributed by atoms with Crippen LogP contribution in [0, 0.1) is 0 Å². The molecule has 1 aliphatic rings. The van der Waals surface area contributed by atoms with Gasteiger partial charge in [0, 0.05) is 42.8 Å². The number of para-hydroxylation sites is 1. The first-order chi connectivity index (χ1) is 11.8. The summed E-state index contributed by atoms with van der Waals surface area (Å²) in [5.74, 6) is 0.739. The fourth-order valence-corrected chi connectivity index (χ4v) is 3.33. The maximum Gasteiger partial charge on any atom is 0.188 e. The normalized spacial score (nSPS) is 17.0. The zero-order valence-corrected chi connectivity index (χ0v) is 13.8. The molecule has 0 saturated carbocycles. The molecule has 0 fully saturated rings. The van der Waals surface area contributed by atoms with Crippen molar-refractivity contribution in [2.24, 2.45) is 0 Å². The summed E-state index contributed by atoms with van der Waals surface area (Å²) in [6, 6.07) is 10.2. The predicted molar refractivity (Wildman–Crippen MR) is 92.0 cm³/mol. The molecule has 0 aliphatic carbocycles. The summed E-state index contributed by atoms with van der Waals surface area (Å²) in [7, 11) is 1.61. The SMILES string of the molecule is COCOc1ccccc1-c1cc2c3c([nH]c2nn1)CCN[C@@H]3C. The predicted octanol–water partition coefficient (Wildman–Crippen LogP) is 2.81. The van der Waals surface area contributed by atoms with Crippen molar-refractivity contribution in [3.63, 3.8) is 0 Å². The number of nitrogens with zero attached hydrogens (tertiary/aromatic N) is 2. The van der Waals surface area contributed by atoms with Crippen molar-refractivity contribution >= 4 is 11.0 Å². The van der Waals surface area contributed by atoms with Crippen LogP contribution in [0.1, 0.15) is 24.2 Å². The Labute approximate surface area is 140 Å². The first kappa shape index (κ1) is 15.1. The Kier molecular flexibility index (Phi) is 3.92. The van der Waals surface area contributed by atoms with Gasteiger partial charge in [-0.15, -0.1) is 10.2 Å². The van der Waals surface area contributed by atoms with E-state index in [-0.39, 0.29) is 6.79 Å². The van der Waals surface area contributed by atoms with E-state index >= 15 is 0 Å². The van der Waals surface area contributed by atoms with Crippen LogP contribution >= 0.6 is 0 Å². The van der Waals surface area contributed by atoms with Gasteiger partial charge in [-0.2, -0.15) is 0 Å². The molecule has 1 atom stereocenters. The average Bonchev–Trinajstić information content (AvgIpc) is 2.99. The van der Waals surface area contributed by atoms with Crippen LogP contribution < -0.4 is 10.1 Å². The molecule has 0 spiro atoms. The first-order valence-corrected chi connectivity index (χ1v) is 8.10. The zero-order chi connectivity index (χ0) is 16.5. The van der Waals surface area contributed by atoms with Crippen molar-refractivity contribution in [2.45, 2.75) is 19.4 Å². The molecule has 24 heavy (non-hydrogen) atoms. The van der Waals surface area contributed by atoms with Gasteiger partial charge in [0.1, 0.15) is 5.75 Å². The molecule has 4 rings (SSSR count). The van der Waals surface area contributed by atoms with Crippen molar-refractivity contribution in [2.75, 3.05) is 20.4 Å². The average molecular weight is 324 g/mol. The van der Waals surface area contributed by atoms with Crippen molar-refractivity contribution < 1.29 is 9.47 Å². The van der Waals surface area contributed by atoms with Gasteiger partial charge in [-0.1, -0.05) is 12.1 Å². The molecule has 0 saturated heterocycles. The van der Waals surface area contributed by atoms with Gasteiger partial charge in [-0.05, 0) is 30.7 Å². The van der Waals surface area contributed by atoms with Crippen LogP contribution in [0.3, 0.4) is 0 Å². The number of nitrogens with one attached hydrogen (secondary N) is 2. The van der Waals surface area contributed by atoms with Gasteiger partial charge in [0.05, 0.1) is 5.69 Å². The lowest BCUT2D eigenvalue weighted by Crippen LogP contribution is -2.27. The molecule has 124 valence electrons. The molecule has 0 bridgehead atoms. The highest BCUT2D eigenvalue weighted by atomic mass is 16.7. The minimum absolute atomic E-state index is 0.202. The van der Waals surface area contributed by atoms with E-state index in [9.17, 15) is 0 Å². The van der Waals surface area contributed by atoms with Crippen LogP contribution in [-0.2, 0) is 11.2 Å². The second-order valence-electron chi connectivity index (χ2n) is 5.98. The molecule has 2 N–H and O–H groups in total. The van der Waals surface area contributed by atoms with E-state index in [0.717, 1.165) is 41.0 Å². The van der Waals surface area contributed by atoms with E-state index in [1.807, 2.05) is 24.3 Å². The Bertz CT molecular complexity index is 875. The molecule has 6 heteroatoms. The Morgan fingerprint density at radius 2 is 2.12 bits per heavy atom. The summed E-state index contributed by atoms with van der Waals surface area (Å²) in [5, 5.41) is 13.4. The van der Waals surface area contributed by atoms with E-state index in [2.05, 4.69) is 33.5 Å². The summed E-state index contributed by atoms with van der Waals surface area (Å²) in [5.41, 5.74) is 5.10. The highest BCUT2D eigenvalue weighted by Crippen LogP contribution is 2.34. The Hall–Kier alpha value is -2.44. The number of benzene rings is 1. The Morgan fingerprint density at radius 3 is 3.00 bits per heavy atom. The molecule has 0 radical (unpaired) electrons. The summed E-state index contributed by atoms with van der Waals surface area (Å²) >= 11 is 0. The lowest BCUT2D eigenvalue weighted by Gasteiger charge is -2.20. The van der Waals surface area contributed by atoms with Gasteiger partial charge in [0.2, 0.25) is 0 Å². The smallest absolute Gasteiger partial charge is 0.188 e. The van der Waals surface area contributed by atoms with Gasteiger partial charge < -0.3 is 19.8 Å². The molecule has 6 nitrogen and oxygen atoms in total. The molecular formula is C18H20N4O2. The highest BCUT2D eigenvalue weighted by Gasteiger charge is 2.22. The molecule has 1 aromatic carbocycles. The molecule has 3 aromatic rings. The maximum absolute atomic E-state index is 5.66. The Morgan fingerprint density at radius 1 is 1.25 bits per heavy atom. The number of H-pyrrole nitrogens is 1. The van der Waals surface area contributed by atoms with E-state index < -0.39 is 0 Å². The largest absolute Gasteiger partial charge is 0.467 e. The maximum atomic E-state index is 5.66. The molecule has 3 heterocycles. The van der Waals surface area contributed by atoms with Crippen LogP contribution in [0.4, 0.5) is 0 Å². The van der Waals surface area contributed by atoms with Crippen molar-refractivity contribution in [3.8, 4) is 17.0 Å². The number of rotatable bonds is 4. The van der Waals surface area contributed by atoms with Gasteiger partial charge in [-0.25, -0.2) is 0 Å². The third-order valence-electron chi connectivity index (χ3n) is 4.43. The fraction of sp³-hybridized carbons (Fsp3) is 0.333. The molecule has 1 aliphatic heterocycles. The number of ether oxygens (including phenoxy) is 2.